The number of carbonyl (C=O) groups excluding carboxylic acids is 1. The van der Waals surface area contributed by atoms with Crippen LogP contribution in [0.3, 0.4) is 0 Å². The van der Waals surface area contributed by atoms with Gasteiger partial charge in [0, 0.05) is 13.1 Å². The summed E-state index contributed by atoms with van der Waals surface area (Å²) in [5.41, 5.74) is -0.774. The van der Waals surface area contributed by atoms with Gasteiger partial charge in [0.25, 0.3) is 0 Å². The minimum Gasteiger partial charge on any atom is -0.481 e. The van der Waals surface area contributed by atoms with Crippen LogP contribution < -0.4 is 0 Å². The van der Waals surface area contributed by atoms with Crippen LogP contribution in [0.15, 0.2) is 0 Å². The Bertz CT molecular complexity index is 379. The highest BCUT2D eigenvalue weighted by Crippen LogP contribution is 2.35. The first kappa shape index (κ1) is 16.8. The number of alkyl halides is 3. The summed E-state index contributed by atoms with van der Waals surface area (Å²) in [6, 6.07) is 0. The van der Waals surface area contributed by atoms with E-state index in [9.17, 15) is 22.8 Å². The van der Waals surface area contributed by atoms with Crippen molar-refractivity contribution in [1.82, 2.24) is 4.90 Å². The van der Waals surface area contributed by atoms with Crippen molar-refractivity contribution in [3.8, 4) is 0 Å². The van der Waals surface area contributed by atoms with E-state index in [4.69, 9.17) is 5.11 Å². The third-order valence-electron chi connectivity index (χ3n) is 3.63. The Morgan fingerprint density at radius 3 is 1.90 bits per heavy atom. The lowest BCUT2D eigenvalue weighted by Gasteiger charge is -2.36. The number of amides is 1. The number of piperidine rings is 1. The third kappa shape index (κ3) is 3.86. The predicted octanol–water partition coefficient (Wildman–Crippen LogP) is 2.53. The predicted molar refractivity (Wildman–Crippen MR) is 65.9 cm³/mol. The zero-order valence-electron chi connectivity index (χ0n) is 11.8. The van der Waals surface area contributed by atoms with Crippen LogP contribution >= 0.6 is 0 Å². The Morgan fingerprint density at radius 1 is 1.15 bits per heavy atom. The summed E-state index contributed by atoms with van der Waals surface area (Å²) in [5.74, 6) is -4.46. The Hall–Kier alpha value is -1.27. The van der Waals surface area contributed by atoms with Gasteiger partial charge in [-0.3, -0.25) is 9.59 Å². The summed E-state index contributed by atoms with van der Waals surface area (Å²) in [4.78, 5) is 24.7. The second kappa shape index (κ2) is 5.61. The molecule has 1 aliphatic heterocycles. The van der Waals surface area contributed by atoms with E-state index >= 15 is 0 Å². The van der Waals surface area contributed by atoms with E-state index < -0.39 is 35.3 Å². The Balaban J connectivity index is 2.73. The number of carbonyl (C=O) groups is 2. The zero-order chi connectivity index (χ0) is 15.7. The minimum absolute atomic E-state index is 0.0388. The Kier molecular flexibility index (Phi) is 4.71. The molecular formula is C13H20F3NO3. The molecule has 0 aromatic rings. The van der Waals surface area contributed by atoms with Gasteiger partial charge < -0.3 is 10.0 Å². The molecule has 1 unspecified atom stereocenters. The molecule has 1 rings (SSSR count). The molecule has 116 valence electrons. The smallest absolute Gasteiger partial charge is 0.391 e. The van der Waals surface area contributed by atoms with Crippen LogP contribution in [0.4, 0.5) is 13.2 Å². The molecule has 0 aromatic carbocycles. The number of carboxylic acid groups (broad SMARTS) is 1. The molecule has 4 nitrogen and oxygen atoms in total. The van der Waals surface area contributed by atoms with Gasteiger partial charge >= 0.3 is 12.1 Å². The van der Waals surface area contributed by atoms with Gasteiger partial charge in [0.1, 0.15) is 5.92 Å². The van der Waals surface area contributed by atoms with Crippen molar-refractivity contribution in [1.29, 1.82) is 0 Å². The Labute approximate surface area is 115 Å². The standard InChI is InChI=1S/C13H20F3NO3/c1-12(2,3)9(11(19)20)10(18)17-6-4-8(5-7-17)13(14,15)16/h8-9H,4-7H2,1-3H3,(H,19,20). The monoisotopic (exact) mass is 295 g/mol. The molecule has 1 aliphatic rings. The van der Waals surface area contributed by atoms with E-state index in [0.29, 0.717) is 0 Å². The van der Waals surface area contributed by atoms with E-state index in [1.807, 2.05) is 0 Å². The molecule has 7 heteroatoms. The maximum atomic E-state index is 12.5. The summed E-state index contributed by atoms with van der Waals surface area (Å²) < 4.78 is 37.6. The highest BCUT2D eigenvalue weighted by Gasteiger charge is 2.45. The Morgan fingerprint density at radius 2 is 1.60 bits per heavy atom. The first-order chi connectivity index (χ1) is 8.94. The fourth-order valence-electron chi connectivity index (χ4n) is 2.46. The quantitative estimate of drug-likeness (QED) is 0.796. The molecule has 20 heavy (non-hydrogen) atoms. The first-order valence-corrected chi connectivity index (χ1v) is 6.53. The molecule has 0 aliphatic carbocycles. The lowest BCUT2D eigenvalue weighted by atomic mass is 9.79. The van der Waals surface area contributed by atoms with Crippen LogP contribution in [0.2, 0.25) is 0 Å². The number of likely N-dealkylation sites (tertiary alicyclic amines) is 1. The van der Waals surface area contributed by atoms with Gasteiger partial charge in [-0.1, -0.05) is 20.8 Å². The lowest BCUT2D eigenvalue weighted by molar-refractivity contribution is -0.188. The summed E-state index contributed by atoms with van der Waals surface area (Å²) in [5, 5.41) is 9.16. The zero-order valence-corrected chi connectivity index (χ0v) is 11.8. The van der Waals surface area contributed by atoms with Crippen molar-refractivity contribution >= 4 is 11.9 Å². The third-order valence-corrected chi connectivity index (χ3v) is 3.63. The van der Waals surface area contributed by atoms with Crippen molar-refractivity contribution in [2.45, 2.75) is 39.8 Å². The lowest BCUT2D eigenvalue weighted by Crippen LogP contribution is -2.49. The van der Waals surface area contributed by atoms with E-state index in [1.54, 1.807) is 20.8 Å². The van der Waals surface area contributed by atoms with E-state index in [-0.39, 0.29) is 25.9 Å². The number of aliphatic carboxylic acids is 1. The molecule has 0 saturated carbocycles. The summed E-state index contributed by atoms with van der Waals surface area (Å²) in [6.45, 7) is 4.82. The maximum Gasteiger partial charge on any atom is 0.391 e. The second-order valence-electron chi connectivity index (χ2n) is 6.28. The molecule has 0 bridgehead atoms. The van der Waals surface area contributed by atoms with Crippen molar-refractivity contribution in [3.63, 3.8) is 0 Å². The number of hydrogen-bond acceptors (Lipinski definition) is 2. The number of hydrogen-bond donors (Lipinski definition) is 1. The molecule has 1 amide bonds. The molecule has 1 N–H and O–H groups in total. The summed E-state index contributed by atoms with van der Waals surface area (Å²) in [6.07, 6.45) is -4.57. The van der Waals surface area contributed by atoms with Gasteiger partial charge in [-0.25, -0.2) is 0 Å². The van der Waals surface area contributed by atoms with Crippen LogP contribution in [-0.4, -0.2) is 41.1 Å². The highest BCUT2D eigenvalue weighted by molar-refractivity contribution is 5.97. The molecular weight excluding hydrogens is 275 g/mol. The largest absolute Gasteiger partial charge is 0.481 e. The molecule has 0 aromatic heterocycles. The normalized spacial score (nSPS) is 19.8. The van der Waals surface area contributed by atoms with Crippen LogP contribution in [-0.2, 0) is 9.59 Å². The average molecular weight is 295 g/mol. The highest BCUT2D eigenvalue weighted by atomic mass is 19.4. The first-order valence-electron chi connectivity index (χ1n) is 6.53. The average Bonchev–Trinajstić information content (AvgIpc) is 2.25. The second-order valence-corrected chi connectivity index (χ2v) is 6.28. The number of nitrogens with zero attached hydrogens (tertiary/aromatic N) is 1. The molecule has 1 fully saturated rings. The van der Waals surface area contributed by atoms with Crippen molar-refractivity contribution < 1.29 is 27.9 Å². The molecule has 1 heterocycles. The summed E-state index contributed by atoms with van der Waals surface area (Å²) >= 11 is 0. The number of rotatable bonds is 2. The van der Waals surface area contributed by atoms with Crippen molar-refractivity contribution in [2.24, 2.45) is 17.3 Å². The molecule has 1 atom stereocenters. The fourth-order valence-corrected chi connectivity index (χ4v) is 2.46. The molecule has 1 saturated heterocycles. The van der Waals surface area contributed by atoms with Gasteiger partial charge in [0.05, 0.1) is 5.92 Å². The topological polar surface area (TPSA) is 57.6 Å². The van der Waals surface area contributed by atoms with Crippen LogP contribution in [0, 0.1) is 17.3 Å². The van der Waals surface area contributed by atoms with Gasteiger partial charge in [-0.15, -0.1) is 0 Å². The van der Waals surface area contributed by atoms with Crippen molar-refractivity contribution in [2.75, 3.05) is 13.1 Å². The molecule has 0 radical (unpaired) electrons. The van der Waals surface area contributed by atoms with Crippen LogP contribution in [0.25, 0.3) is 0 Å². The van der Waals surface area contributed by atoms with Gasteiger partial charge in [0.15, 0.2) is 0 Å². The fraction of sp³-hybridized carbons (Fsp3) is 0.846. The van der Waals surface area contributed by atoms with E-state index in [1.165, 1.54) is 4.90 Å². The van der Waals surface area contributed by atoms with Gasteiger partial charge in [-0.2, -0.15) is 13.2 Å². The van der Waals surface area contributed by atoms with Crippen LogP contribution in [0.1, 0.15) is 33.6 Å². The van der Waals surface area contributed by atoms with E-state index in [0.717, 1.165) is 0 Å². The van der Waals surface area contributed by atoms with Gasteiger partial charge in [0.2, 0.25) is 5.91 Å². The van der Waals surface area contributed by atoms with Gasteiger partial charge in [-0.05, 0) is 18.3 Å². The molecule has 0 spiro atoms. The SMILES string of the molecule is CC(C)(C)C(C(=O)O)C(=O)N1CCC(C(F)(F)F)CC1. The maximum absolute atomic E-state index is 12.5. The minimum atomic E-state index is -4.24. The summed E-state index contributed by atoms with van der Waals surface area (Å²) in [7, 11) is 0. The van der Waals surface area contributed by atoms with Crippen LogP contribution in [0.5, 0.6) is 0 Å². The number of carboxylic acids is 1. The number of halogens is 3. The van der Waals surface area contributed by atoms with Crippen molar-refractivity contribution in [3.05, 3.63) is 0 Å². The van der Waals surface area contributed by atoms with E-state index in [2.05, 4.69) is 0 Å².